The SMILES string of the molecule is C.C=C/C=C(\C=C)C(O)Cc1ccc(-c2ccccc2)cn1.CC.CC. The topological polar surface area (TPSA) is 33.1 Å². The molecule has 0 saturated heterocycles. The fraction of sp³-hybridized carbons (Fsp3) is 0.292. The summed E-state index contributed by atoms with van der Waals surface area (Å²) >= 11 is 0. The highest BCUT2D eigenvalue weighted by molar-refractivity contribution is 5.62. The molecule has 0 spiro atoms. The monoisotopic (exact) mass is 353 g/mol. The minimum Gasteiger partial charge on any atom is -0.388 e. The molecule has 0 radical (unpaired) electrons. The van der Waals surface area contributed by atoms with Crippen molar-refractivity contribution in [2.75, 3.05) is 0 Å². The molecule has 26 heavy (non-hydrogen) atoms. The number of pyridine rings is 1. The lowest BCUT2D eigenvalue weighted by atomic mass is 10.0. The van der Waals surface area contributed by atoms with Crippen molar-refractivity contribution in [3.8, 4) is 11.1 Å². The standard InChI is InChI=1S/C19H19NO.2C2H6.CH4/c1-3-8-15(4-2)19(21)13-18-12-11-17(14-20-18)16-9-6-5-7-10-16;2*1-2;/h3-12,14,19,21H,1-2,13H2;2*1-2H3;1H4/b15-8+;;;. The molecular weight excluding hydrogens is 318 g/mol. The highest BCUT2D eigenvalue weighted by Gasteiger charge is 2.09. The summed E-state index contributed by atoms with van der Waals surface area (Å²) in [5, 5.41) is 10.2. The first kappa shape index (κ1) is 25.8. The van der Waals surface area contributed by atoms with Gasteiger partial charge in [-0.15, -0.1) is 0 Å². The van der Waals surface area contributed by atoms with Crippen LogP contribution in [-0.4, -0.2) is 16.2 Å². The number of hydrogen-bond donors (Lipinski definition) is 1. The smallest absolute Gasteiger partial charge is 0.0845 e. The Labute approximate surface area is 160 Å². The molecule has 1 aromatic carbocycles. The number of allylic oxidation sites excluding steroid dienone is 2. The van der Waals surface area contributed by atoms with Gasteiger partial charge in [-0.25, -0.2) is 0 Å². The fourth-order valence-corrected chi connectivity index (χ4v) is 2.11. The van der Waals surface area contributed by atoms with Gasteiger partial charge in [0.15, 0.2) is 0 Å². The summed E-state index contributed by atoms with van der Waals surface area (Å²) in [7, 11) is 0. The molecule has 0 fully saturated rings. The van der Waals surface area contributed by atoms with Gasteiger partial charge in [-0.3, -0.25) is 4.98 Å². The molecule has 142 valence electrons. The first-order valence-corrected chi connectivity index (χ1v) is 8.88. The van der Waals surface area contributed by atoms with Gasteiger partial charge < -0.3 is 5.11 Å². The van der Waals surface area contributed by atoms with Gasteiger partial charge in [0.2, 0.25) is 0 Å². The number of aliphatic hydroxyl groups is 1. The Morgan fingerprint density at radius 3 is 2.08 bits per heavy atom. The quantitative estimate of drug-likeness (QED) is 0.591. The molecule has 2 aromatic rings. The van der Waals surface area contributed by atoms with E-state index in [0.717, 1.165) is 22.4 Å². The van der Waals surface area contributed by atoms with Crippen molar-refractivity contribution in [3.05, 3.63) is 91.3 Å². The van der Waals surface area contributed by atoms with Crippen LogP contribution >= 0.6 is 0 Å². The second-order valence-corrected chi connectivity index (χ2v) is 4.73. The minimum atomic E-state index is -0.615. The van der Waals surface area contributed by atoms with Crippen molar-refractivity contribution in [1.82, 2.24) is 4.98 Å². The van der Waals surface area contributed by atoms with E-state index in [9.17, 15) is 5.11 Å². The molecule has 1 N–H and O–H groups in total. The molecule has 0 aliphatic rings. The zero-order valence-corrected chi connectivity index (χ0v) is 15.9. The van der Waals surface area contributed by atoms with E-state index in [2.05, 4.69) is 18.1 Å². The molecule has 1 aromatic heterocycles. The predicted molar refractivity (Wildman–Crippen MR) is 117 cm³/mol. The zero-order valence-electron chi connectivity index (χ0n) is 15.9. The molecule has 0 aliphatic heterocycles. The average molecular weight is 354 g/mol. The first-order chi connectivity index (χ1) is 12.2. The molecule has 0 bridgehead atoms. The maximum Gasteiger partial charge on any atom is 0.0845 e. The van der Waals surface area contributed by atoms with Crippen LogP contribution in [0.5, 0.6) is 0 Å². The van der Waals surface area contributed by atoms with Gasteiger partial charge in [0.05, 0.1) is 6.10 Å². The van der Waals surface area contributed by atoms with Gasteiger partial charge in [-0.05, 0) is 17.2 Å². The third-order valence-electron chi connectivity index (χ3n) is 3.27. The molecular formula is C24H35NO. The van der Waals surface area contributed by atoms with Gasteiger partial charge in [-0.1, -0.05) is 103 Å². The summed E-state index contributed by atoms with van der Waals surface area (Å²) in [5.74, 6) is 0. The second-order valence-electron chi connectivity index (χ2n) is 4.73. The van der Waals surface area contributed by atoms with Gasteiger partial charge in [-0.2, -0.15) is 0 Å². The van der Waals surface area contributed by atoms with Gasteiger partial charge in [0.1, 0.15) is 0 Å². The lowest BCUT2D eigenvalue weighted by molar-refractivity contribution is 0.214. The van der Waals surface area contributed by atoms with E-state index in [4.69, 9.17) is 0 Å². The van der Waals surface area contributed by atoms with Gasteiger partial charge >= 0.3 is 0 Å². The van der Waals surface area contributed by atoms with E-state index in [1.54, 1.807) is 18.2 Å². The summed E-state index contributed by atoms with van der Waals surface area (Å²) < 4.78 is 0. The highest BCUT2D eigenvalue weighted by atomic mass is 16.3. The van der Waals surface area contributed by atoms with Crippen molar-refractivity contribution < 1.29 is 5.11 Å². The summed E-state index contributed by atoms with van der Waals surface area (Å²) in [6, 6.07) is 14.1. The van der Waals surface area contributed by atoms with E-state index in [-0.39, 0.29) is 7.43 Å². The van der Waals surface area contributed by atoms with Crippen LogP contribution in [0.3, 0.4) is 0 Å². The molecule has 1 atom stereocenters. The molecule has 0 amide bonds. The second kappa shape index (κ2) is 16.0. The molecule has 1 unspecified atom stereocenters. The number of hydrogen-bond acceptors (Lipinski definition) is 2. The lowest BCUT2D eigenvalue weighted by Crippen LogP contribution is -2.13. The molecule has 0 saturated carbocycles. The van der Waals surface area contributed by atoms with Crippen LogP contribution in [-0.2, 0) is 6.42 Å². The lowest BCUT2D eigenvalue weighted by Gasteiger charge is -2.11. The van der Waals surface area contributed by atoms with E-state index in [1.807, 2.05) is 76.4 Å². The van der Waals surface area contributed by atoms with Crippen LogP contribution in [0, 0.1) is 0 Å². The normalized spacial score (nSPS) is 10.7. The summed E-state index contributed by atoms with van der Waals surface area (Å²) in [4.78, 5) is 4.42. The van der Waals surface area contributed by atoms with Gasteiger partial charge in [0, 0.05) is 23.9 Å². The Kier molecular flexibility index (Phi) is 15.9. The largest absolute Gasteiger partial charge is 0.388 e. The third kappa shape index (κ3) is 8.59. The van der Waals surface area contributed by atoms with E-state index in [0.29, 0.717) is 6.42 Å². The van der Waals surface area contributed by atoms with Crippen LogP contribution in [0.4, 0.5) is 0 Å². The van der Waals surface area contributed by atoms with Crippen molar-refractivity contribution in [3.63, 3.8) is 0 Å². The maximum atomic E-state index is 10.2. The summed E-state index contributed by atoms with van der Waals surface area (Å²) in [6.07, 6.45) is 6.73. The van der Waals surface area contributed by atoms with Crippen molar-refractivity contribution in [2.45, 2.75) is 47.6 Å². The van der Waals surface area contributed by atoms with Crippen LogP contribution in [0.25, 0.3) is 11.1 Å². The van der Waals surface area contributed by atoms with Crippen LogP contribution in [0.1, 0.15) is 40.8 Å². The molecule has 2 rings (SSSR count). The van der Waals surface area contributed by atoms with Crippen LogP contribution < -0.4 is 0 Å². The van der Waals surface area contributed by atoms with Crippen LogP contribution in [0.2, 0.25) is 0 Å². The molecule has 2 heteroatoms. The Morgan fingerprint density at radius 2 is 1.62 bits per heavy atom. The number of rotatable bonds is 6. The van der Waals surface area contributed by atoms with Crippen LogP contribution in [0.15, 0.2) is 85.6 Å². The number of aromatic nitrogens is 1. The van der Waals surface area contributed by atoms with E-state index in [1.165, 1.54) is 0 Å². The Morgan fingerprint density at radius 1 is 1.00 bits per heavy atom. The predicted octanol–water partition coefficient (Wildman–Crippen LogP) is 6.64. The van der Waals surface area contributed by atoms with Crippen molar-refractivity contribution >= 4 is 0 Å². The maximum absolute atomic E-state index is 10.2. The zero-order chi connectivity index (χ0) is 19.1. The molecule has 2 nitrogen and oxygen atoms in total. The number of nitrogens with zero attached hydrogens (tertiary/aromatic N) is 1. The minimum absolute atomic E-state index is 0. The first-order valence-electron chi connectivity index (χ1n) is 8.88. The Balaban J connectivity index is 0. The highest BCUT2D eigenvalue weighted by Crippen LogP contribution is 2.18. The third-order valence-corrected chi connectivity index (χ3v) is 3.27. The number of aliphatic hydroxyl groups excluding tert-OH is 1. The summed E-state index contributed by atoms with van der Waals surface area (Å²) in [5.41, 5.74) is 3.80. The average Bonchev–Trinajstić information content (AvgIpc) is 2.70. The fourth-order valence-electron chi connectivity index (χ4n) is 2.11. The Hall–Kier alpha value is -2.45. The Bertz CT molecular complexity index is 627. The summed E-state index contributed by atoms with van der Waals surface area (Å²) in [6.45, 7) is 15.3. The molecule has 0 aliphatic carbocycles. The van der Waals surface area contributed by atoms with E-state index >= 15 is 0 Å². The molecule has 1 heterocycles. The van der Waals surface area contributed by atoms with Crippen molar-refractivity contribution in [2.24, 2.45) is 0 Å². The van der Waals surface area contributed by atoms with Crippen molar-refractivity contribution in [1.29, 1.82) is 0 Å². The number of benzene rings is 1. The van der Waals surface area contributed by atoms with Gasteiger partial charge in [0.25, 0.3) is 0 Å². The van der Waals surface area contributed by atoms with E-state index < -0.39 is 6.10 Å².